The van der Waals surface area contributed by atoms with Gasteiger partial charge >= 0.3 is 0 Å². The van der Waals surface area contributed by atoms with Crippen LogP contribution < -0.4 is 0 Å². The van der Waals surface area contributed by atoms with E-state index in [0.29, 0.717) is 6.79 Å². The van der Waals surface area contributed by atoms with E-state index in [9.17, 15) is 0 Å². The van der Waals surface area contributed by atoms with Gasteiger partial charge in [-0.25, -0.2) is 0 Å². The van der Waals surface area contributed by atoms with Gasteiger partial charge in [-0.2, -0.15) is 0 Å². The van der Waals surface area contributed by atoms with Gasteiger partial charge in [0.1, 0.15) is 6.26 Å². The average Bonchev–Trinajstić information content (AvgIpc) is 2.40. The second-order valence-corrected chi connectivity index (χ2v) is 2.34. The minimum atomic E-state index is 0.342. The maximum Gasteiger partial charge on any atom is 0.230 e. The van der Waals surface area contributed by atoms with Crippen LogP contribution in [0.1, 0.15) is 13.8 Å². The van der Waals surface area contributed by atoms with Crippen LogP contribution >= 0.6 is 0 Å². The van der Waals surface area contributed by atoms with Gasteiger partial charge < -0.3 is 9.47 Å². The third-order valence-electron chi connectivity index (χ3n) is 1.29. The lowest BCUT2D eigenvalue weighted by Gasteiger charge is -1.93. The summed E-state index contributed by atoms with van der Waals surface area (Å²) in [5.74, 6) is 0.792. The van der Waals surface area contributed by atoms with Crippen LogP contribution in [-0.4, -0.2) is 6.79 Å². The first-order valence-electron chi connectivity index (χ1n) is 3.58. The predicted molar refractivity (Wildman–Crippen MR) is 43.7 cm³/mol. The Morgan fingerprint density at radius 1 is 1.64 bits per heavy atom. The largest absolute Gasteiger partial charge is 0.461 e. The summed E-state index contributed by atoms with van der Waals surface area (Å²) in [6.45, 7) is 4.34. The monoisotopic (exact) mass is 152 g/mol. The van der Waals surface area contributed by atoms with E-state index < -0.39 is 0 Å². The molecule has 1 heterocycles. The van der Waals surface area contributed by atoms with E-state index in [1.54, 1.807) is 6.26 Å². The SMILES string of the molecule is C/C=C\C(C)=C/C1=COCO1. The molecule has 1 aliphatic heterocycles. The highest BCUT2D eigenvalue weighted by molar-refractivity contribution is 5.24. The molecular formula is C9H12O2. The van der Waals surface area contributed by atoms with Crippen molar-refractivity contribution in [1.82, 2.24) is 0 Å². The first-order valence-corrected chi connectivity index (χ1v) is 3.58. The Balaban J connectivity index is 2.56. The van der Waals surface area contributed by atoms with E-state index in [-0.39, 0.29) is 0 Å². The molecular weight excluding hydrogens is 140 g/mol. The summed E-state index contributed by atoms with van der Waals surface area (Å²) in [6.07, 6.45) is 7.56. The number of rotatable bonds is 2. The molecule has 0 amide bonds. The van der Waals surface area contributed by atoms with E-state index in [1.807, 2.05) is 32.1 Å². The summed E-state index contributed by atoms with van der Waals surface area (Å²) in [6, 6.07) is 0. The summed E-state index contributed by atoms with van der Waals surface area (Å²) in [4.78, 5) is 0. The molecule has 0 bridgehead atoms. The van der Waals surface area contributed by atoms with E-state index in [4.69, 9.17) is 9.47 Å². The molecule has 0 radical (unpaired) electrons. The van der Waals surface area contributed by atoms with Crippen molar-refractivity contribution in [3.8, 4) is 0 Å². The third kappa shape index (κ3) is 2.50. The zero-order valence-corrected chi connectivity index (χ0v) is 6.83. The molecule has 1 rings (SSSR count). The molecule has 60 valence electrons. The van der Waals surface area contributed by atoms with Crippen molar-refractivity contribution < 1.29 is 9.47 Å². The summed E-state index contributed by atoms with van der Waals surface area (Å²) in [5, 5.41) is 0. The molecule has 0 saturated carbocycles. The lowest BCUT2D eigenvalue weighted by atomic mass is 10.2. The Morgan fingerprint density at radius 3 is 3.00 bits per heavy atom. The summed E-state index contributed by atoms with van der Waals surface area (Å²) >= 11 is 0. The quantitative estimate of drug-likeness (QED) is 0.565. The summed E-state index contributed by atoms with van der Waals surface area (Å²) < 4.78 is 9.98. The van der Waals surface area contributed by atoms with Crippen molar-refractivity contribution in [1.29, 1.82) is 0 Å². The molecule has 0 atom stereocenters. The molecule has 0 unspecified atom stereocenters. The summed E-state index contributed by atoms with van der Waals surface area (Å²) in [7, 11) is 0. The first kappa shape index (κ1) is 7.92. The van der Waals surface area contributed by atoms with Gasteiger partial charge in [0.05, 0.1) is 0 Å². The average molecular weight is 152 g/mol. The van der Waals surface area contributed by atoms with Gasteiger partial charge in [0.25, 0.3) is 0 Å². The first-order chi connectivity index (χ1) is 5.33. The van der Waals surface area contributed by atoms with Crippen LogP contribution in [0.5, 0.6) is 0 Å². The topological polar surface area (TPSA) is 18.5 Å². The molecule has 11 heavy (non-hydrogen) atoms. The van der Waals surface area contributed by atoms with Crippen LogP contribution in [0.15, 0.2) is 35.8 Å². The second kappa shape index (κ2) is 3.86. The molecule has 2 nitrogen and oxygen atoms in total. The van der Waals surface area contributed by atoms with Crippen LogP contribution in [0.3, 0.4) is 0 Å². The lowest BCUT2D eigenvalue weighted by molar-refractivity contribution is 0.0844. The minimum Gasteiger partial charge on any atom is -0.461 e. The van der Waals surface area contributed by atoms with Gasteiger partial charge in [0.15, 0.2) is 5.76 Å². The Hall–Kier alpha value is -1.18. The number of hydrogen-bond donors (Lipinski definition) is 0. The summed E-state index contributed by atoms with van der Waals surface area (Å²) in [5.41, 5.74) is 1.16. The highest BCUT2D eigenvalue weighted by Crippen LogP contribution is 2.10. The smallest absolute Gasteiger partial charge is 0.230 e. The highest BCUT2D eigenvalue weighted by atomic mass is 16.7. The minimum absolute atomic E-state index is 0.342. The molecule has 2 heteroatoms. The van der Waals surface area contributed by atoms with Gasteiger partial charge in [-0.1, -0.05) is 12.2 Å². The lowest BCUT2D eigenvalue weighted by Crippen LogP contribution is -1.82. The normalized spacial score (nSPS) is 18.0. The number of allylic oxidation sites excluding steroid dienone is 4. The molecule has 0 aliphatic carbocycles. The Morgan fingerprint density at radius 2 is 2.45 bits per heavy atom. The predicted octanol–water partition coefficient (Wildman–Crippen LogP) is 2.35. The molecule has 0 fully saturated rings. The van der Waals surface area contributed by atoms with Crippen molar-refractivity contribution in [2.45, 2.75) is 13.8 Å². The third-order valence-corrected chi connectivity index (χ3v) is 1.29. The van der Waals surface area contributed by atoms with Gasteiger partial charge in [0, 0.05) is 0 Å². The van der Waals surface area contributed by atoms with Crippen LogP contribution in [0.2, 0.25) is 0 Å². The van der Waals surface area contributed by atoms with Crippen molar-refractivity contribution >= 4 is 0 Å². The number of hydrogen-bond acceptors (Lipinski definition) is 2. The maximum absolute atomic E-state index is 5.10. The van der Waals surface area contributed by atoms with E-state index in [1.165, 1.54) is 0 Å². The van der Waals surface area contributed by atoms with Gasteiger partial charge in [-0.05, 0) is 25.5 Å². The van der Waals surface area contributed by atoms with Gasteiger partial charge in [0.2, 0.25) is 6.79 Å². The Labute approximate surface area is 66.8 Å². The fourth-order valence-electron chi connectivity index (χ4n) is 0.863. The Bertz CT molecular complexity index is 212. The molecule has 0 N–H and O–H groups in total. The van der Waals surface area contributed by atoms with E-state index in [0.717, 1.165) is 11.3 Å². The standard InChI is InChI=1S/C9H12O2/c1-3-4-8(2)5-9-6-10-7-11-9/h3-6H,7H2,1-2H3/b4-3-,8-5-. The van der Waals surface area contributed by atoms with Gasteiger partial charge in [-0.15, -0.1) is 0 Å². The second-order valence-electron chi connectivity index (χ2n) is 2.34. The molecule has 0 aromatic heterocycles. The van der Waals surface area contributed by atoms with Crippen molar-refractivity contribution in [3.63, 3.8) is 0 Å². The van der Waals surface area contributed by atoms with E-state index in [2.05, 4.69) is 0 Å². The molecule has 0 saturated heterocycles. The highest BCUT2D eigenvalue weighted by Gasteiger charge is 2.01. The van der Waals surface area contributed by atoms with E-state index >= 15 is 0 Å². The Kier molecular flexibility index (Phi) is 2.78. The van der Waals surface area contributed by atoms with Crippen molar-refractivity contribution in [2.24, 2.45) is 0 Å². The zero-order chi connectivity index (χ0) is 8.10. The fourth-order valence-corrected chi connectivity index (χ4v) is 0.863. The molecule has 0 aromatic rings. The van der Waals surface area contributed by atoms with Gasteiger partial charge in [-0.3, -0.25) is 0 Å². The molecule has 0 aromatic carbocycles. The molecule has 1 aliphatic rings. The zero-order valence-electron chi connectivity index (χ0n) is 6.83. The van der Waals surface area contributed by atoms with Crippen molar-refractivity contribution in [3.05, 3.63) is 35.8 Å². The number of ether oxygens (including phenoxy) is 2. The molecule has 0 spiro atoms. The van der Waals surface area contributed by atoms with Crippen LogP contribution in [-0.2, 0) is 9.47 Å². The van der Waals surface area contributed by atoms with Crippen LogP contribution in [0.4, 0.5) is 0 Å². The van der Waals surface area contributed by atoms with Crippen LogP contribution in [0, 0.1) is 0 Å². The maximum atomic E-state index is 5.10. The fraction of sp³-hybridized carbons (Fsp3) is 0.333. The van der Waals surface area contributed by atoms with Crippen LogP contribution in [0.25, 0.3) is 0 Å². The van der Waals surface area contributed by atoms with Crippen molar-refractivity contribution in [2.75, 3.05) is 6.79 Å².